The number of rotatable bonds is 6. The highest BCUT2D eigenvalue weighted by Gasteiger charge is 2.17. The maximum Gasteiger partial charge on any atom is 0.344 e. The average molecular weight is 268 g/mol. The van der Waals surface area contributed by atoms with Gasteiger partial charge in [0, 0.05) is 0 Å². The van der Waals surface area contributed by atoms with Crippen LogP contribution in [0, 0.1) is 6.92 Å². The molecule has 0 spiro atoms. The van der Waals surface area contributed by atoms with Gasteiger partial charge in [-0.3, -0.25) is 0 Å². The molecule has 1 aromatic carbocycles. The third-order valence-electron chi connectivity index (χ3n) is 2.35. The van der Waals surface area contributed by atoms with Gasteiger partial charge in [0.05, 0.1) is 13.7 Å². The van der Waals surface area contributed by atoms with Crippen molar-refractivity contribution >= 4 is 11.9 Å². The van der Waals surface area contributed by atoms with Gasteiger partial charge in [-0.1, -0.05) is 0 Å². The lowest BCUT2D eigenvalue weighted by molar-refractivity contribution is -0.145. The van der Waals surface area contributed by atoms with Gasteiger partial charge in [0.1, 0.15) is 17.1 Å². The van der Waals surface area contributed by atoms with Crippen LogP contribution in [0.25, 0.3) is 0 Å². The molecular formula is C13H16O6. The Bertz CT molecular complexity index is 480. The fraction of sp³-hybridized carbons (Fsp3) is 0.385. The van der Waals surface area contributed by atoms with Crippen molar-refractivity contribution in [2.45, 2.75) is 13.8 Å². The van der Waals surface area contributed by atoms with Crippen LogP contribution in [0.2, 0.25) is 0 Å². The minimum Gasteiger partial charge on any atom is -0.497 e. The molecule has 1 rings (SSSR count). The third-order valence-corrected chi connectivity index (χ3v) is 2.35. The largest absolute Gasteiger partial charge is 0.497 e. The van der Waals surface area contributed by atoms with Gasteiger partial charge in [-0.25, -0.2) is 9.59 Å². The summed E-state index contributed by atoms with van der Waals surface area (Å²) < 4.78 is 14.9. The van der Waals surface area contributed by atoms with E-state index in [1.54, 1.807) is 19.9 Å². The summed E-state index contributed by atoms with van der Waals surface area (Å²) in [6.07, 6.45) is 0. The number of benzene rings is 1. The Morgan fingerprint density at radius 1 is 1.32 bits per heavy atom. The summed E-state index contributed by atoms with van der Waals surface area (Å²) in [5.74, 6) is -1.14. The zero-order valence-corrected chi connectivity index (χ0v) is 11.1. The number of hydrogen-bond acceptors (Lipinski definition) is 5. The van der Waals surface area contributed by atoms with E-state index in [2.05, 4.69) is 0 Å². The smallest absolute Gasteiger partial charge is 0.344 e. The van der Waals surface area contributed by atoms with E-state index in [0.29, 0.717) is 11.3 Å². The van der Waals surface area contributed by atoms with E-state index >= 15 is 0 Å². The van der Waals surface area contributed by atoms with Crippen molar-refractivity contribution in [2.75, 3.05) is 20.3 Å². The molecule has 0 radical (unpaired) electrons. The lowest BCUT2D eigenvalue weighted by atomic mass is 10.1. The van der Waals surface area contributed by atoms with Gasteiger partial charge in [0.15, 0.2) is 6.61 Å². The molecule has 19 heavy (non-hydrogen) atoms. The van der Waals surface area contributed by atoms with Crippen LogP contribution in [-0.2, 0) is 9.53 Å². The molecule has 6 heteroatoms. The fourth-order valence-corrected chi connectivity index (χ4v) is 1.54. The molecule has 0 unspecified atom stereocenters. The van der Waals surface area contributed by atoms with Gasteiger partial charge in [0.25, 0.3) is 0 Å². The molecule has 0 saturated carbocycles. The van der Waals surface area contributed by atoms with Gasteiger partial charge < -0.3 is 19.3 Å². The molecule has 0 saturated heterocycles. The number of hydrogen-bond donors (Lipinski definition) is 1. The van der Waals surface area contributed by atoms with Crippen molar-refractivity contribution in [2.24, 2.45) is 0 Å². The highest BCUT2D eigenvalue weighted by Crippen LogP contribution is 2.29. The van der Waals surface area contributed by atoms with Gasteiger partial charge in [0.2, 0.25) is 0 Å². The molecule has 1 aromatic rings. The first-order chi connectivity index (χ1) is 8.99. The third kappa shape index (κ3) is 3.87. The molecular weight excluding hydrogens is 252 g/mol. The maximum absolute atomic E-state index is 11.2. The number of methoxy groups -OCH3 is 1. The SMILES string of the molecule is CCOC(=O)COc1c(C)cc(OC)cc1C(=O)O. The van der Waals surface area contributed by atoms with Crippen molar-refractivity contribution < 1.29 is 28.9 Å². The lowest BCUT2D eigenvalue weighted by Gasteiger charge is -2.13. The number of carbonyl (C=O) groups excluding carboxylic acids is 1. The molecule has 104 valence electrons. The quantitative estimate of drug-likeness (QED) is 0.790. The summed E-state index contributed by atoms with van der Waals surface area (Å²) in [5.41, 5.74) is 0.516. The second kappa shape index (κ2) is 6.63. The summed E-state index contributed by atoms with van der Waals surface area (Å²) in [4.78, 5) is 22.4. The predicted molar refractivity (Wildman–Crippen MR) is 66.8 cm³/mol. The Balaban J connectivity index is 2.98. The summed E-state index contributed by atoms with van der Waals surface area (Å²) in [5, 5.41) is 9.13. The number of aryl methyl sites for hydroxylation is 1. The van der Waals surface area contributed by atoms with Crippen LogP contribution in [0.15, 0.2) is 12.1 Å². The van der Waals surface area contributed by atoms with E-state index in [1.165, 1.54) is 13.2 Å². The van der Waals surface area contributed by atoms with Crippen molar-refractivity contribution in [3.63, 3.8) is 0 Å². The molecule has 0 atom stereocenters. The molecule has 0 amide bonds. The molecule has 0 heterocycles. The minimum atomic E-state index is -1.15. The average Bonchev–Trinajstić information content (AvgIpc) is 2.36. The Kier molecular flexibility index (Phi) is 5.17. The van der Waals surface area contributed by atoms with E-state index in [0.717, 1.165) is 0 Å². The van der Waals surface area contributed by atoms with Gasteiger partial charge in [-0.2, -0.15) is 0 Å². The van der Waals surface area contributed by atoms with E-state index in [-0.39, 0.29) is 24.5 Å². The number of ether oxygens (including phenoxy) is 3. The predicted octanol–water partition coefficient (Wildman–Crippen LogP) is 1.64. The van der Waals surface area contributed by atoms with Crippen LogP contribution < -0.4 is 9.47 Å². The zero-order valence-electron chi connectivity index (χ0n) is 11.1. The Morgan fingerprint density at radius 3 is 2.53 bits per heavy atom. The van der Waals surface area contributed by atoms with E-state index < -0.39 is 11.9 Å². The van der Waals surface area contributed by atoms with Crippen molar-refractivity contribution in [3.8, 4) is 11.5 Å². The summed E-state index contributed by atoms with van der Waals surface area (Å²) >= 11 is 0. The maximum atomic E-state index is 11.2. The molecule has 0 fully saturated rings. The number of carboxylic acids is 1. The first kappa shape index (κ1) is 14.8. The van der Waals surface area contributed by atoms with E-state index in [9.17, 15) is 9.59 Å². The van der Waals surface area contributed by atoms with E-state index in [4.69, 9.17) is 19.3 Å². The first-order valence-corrected chi connectivity index (χ1v) is 5.70. The van der Waals surface area contributed by atoms with Crippen molar-refractivity contribution in [1.29, 1.82) is 0 Å². The van der Waals surface area contributed by atoms with Crippen molar-refractivity contribution in [1.82, 2.24) is 0 Å². The Labute approximate surface area is 110 Å². The first-order valence-electron chi connectivity index (χ1n) is 5.70. The second-order valence-corrected chi connectivity index (χ2v) is 3.72. The topological polar surface area (TPSA) is 82.1 Å². The Hall–Kier alpha value is -2.24. The summed E-state index contributed by atoms with van der Waals surface area (Å²) in [7, 11) is 1.44. The van der Waals surface area contributed by atoms with Crippen LogP contribution in [-0.4, -0.2) is 37.4 Å². The highest BCUT2D eigenvalue weighted by atomic mass is 16.6. The van der Waals surface area contributed by atoms with Crippen LogP contribution in [0.1, 0.15) is 22.8 Å². The molecule has 1 N–H and O–H groups in total. The lowest BCUT2D eigenvalue weighted by Crippen LogP contribution is -2.16. The fourth-order valence-electron chi connectivity index (χ4n) is 1.54. The van der Waals surface area contributed by atoms with Gasteiger partial charge >= 0.3 is 11.9 Å². The summed E-state index contributed by atoms with van der Waals surface area (Å²) in [6, 6.07) is 2.97. The van der Waals surface area contributed by atoms with Crippen molar-refractivity contribution in [3.05, 3.63) is 23.3 Å². The number of esters is 1. The van der Waals surface area contributed by atoms with Gasteiger partial charge in [-0.15, -0.1) is 0 Å². The number of carboxylic acid groups (broad SMARTS) is 1. The Morgan fingerprint density at radius 2 is 2.00 bits per heavy atom. The van der Waals surface area contributed by atoms with E-state index in [1.807, 2.05) is 0 Å². The second-order valence-electron chi connectivity index (χ2n) is 3.72. The minimum absolute atomic E-state index is 0.0545. The standard InChI is InChI=1S/C13H16O6/c1-4-18-11(14)7-19-12-8(2)5-9(17-3)6-10(12)13(15)16/h5-6H,4,7H2,1-3H3,(H,15,16). The van der Waals surface area contributed by atoms with Gasteiger partial charge in [-0.05, 0) is 31.5 Å². The van der Waals surface area contributed by atoms with Crippen LogP contribution in [0.3, 0.4) is 0 Å². The molecule has 0 bridgehead atoms. The highest BCUT2D eigenvalue weighted by molar-refractivity contribution is 5.92. The number of aromatic carboxylic acids is 1. The normalized spacial score (nSPS) is 9.84. The van der Waals surface area contributed by atoms with Crippen LogP contribution in [0.4, 0.5) is 0 Å². The number of carbonyl (C=O) groups is 2. The van der Waals surface area contributed by atoms with Crippen LogP contribution in [0.5, 0.6) is 11.5 Å². The molecule has 6 nitrogen and oxygen atoms in total. The molecule has 0 aromatic heterocycles. The summed E-state index contributed by atoms with van der Waals surface area (Å²) in [6.45, 7) is 3.27. The molecule has 0 aliphatic carbocycles. The van der Waals surface area contributed by atoms with Crippen LogP contribution >= 0.6 is 0 Å². The molecule has 0 aliphatic heterocycles. The zero-order chi connectivity index (χ0) is 14.4. The monoisotopic (exact) mass is 268 g/mol. The molecule has 0 aliphatic rings.